The first-order valence-electron chi connectivity index (χ1n) is 6.67. The minimum absolute atomic E-state index is 0.325. The largest absolute Gasteiger partial charge is 0.495 e. The van der Waals surface area contributed by atoms with Gasteiger partial charge in [-0.3, -0.25) is 0 Å². The van der Waals surface area contributed by atoms with Gasteiger partial charge in [-0.25, -0.2) is 4.79 Å². The zero-order valence-corrected chi connectivity index (χ0v) is 12.9. The van der Waals surface area contributed by atoms with Gasteiger partial charge in [-0.05, 0) is 45.4 Å². The van der Waals surface area contributed by atoms with Crippen molar-refractivity contribution in [3.05, 3.63) is 23.8 Å². The lowest BCUT2D eigenvalue weighted by Gasteiger charge is -2.26. The van der Waals surface area contributed by atoms with Gasteiger partial charge in [0.1, 0.15) is 11.4 Å². The van der Waals surface area contributed by atoms with Crippen LogP contribution in [0.5, 0.6) is 5.75 Å². The van der Waals surface area contributed by atoms with Gasteiger partial charge in [0, 0.05) is 13.1 Å². The van der Waals surface area contributed by atoms with Crippen molar-refractivity contribution in [3.63, 3.8) is 0 Å². The molecule has 1 aromatic rings. The van der Waals surface area contributed by atoms with E-state index in [9.17, 15) is 4.79 Å². The Kier molecular flexibility index (Phi) is 5.25. The average Bonchev–Trinajstić information content (AvgIpc) is 2.33. The predicted molar refractivity (Wildman–Crippen MR) is 79.7 cm³/mol. The highest BCUT2D eigenvalue weighted by Gasteiger charge is 2.21. The van der Waals surface area contributed by atoms with Crippen LogP contribution in [0, 0.1) is 0 Å². The number of nitrogens with zero attached hydrogens (tertiary/aromatic N) is 1. The molecule has 0 heterocycles. The van der Waals surface area contributed by atoms with Crippen molar-refractivity contribution in [1.29, 1.82) is 0 Å². The summed E-state index contributed by atoms with van der Waals surface area (Å²) in [6, 6.07) is 5.50. The Bertz CT molecular complexity index is 467. The number of anilines is 1. The van der Waals surface area contributed by atoms with E-state index in [-0.39, 0.29) is 6.09 Å². The summed E-state index contributed by atoms with van der Waals surface area (Å²) in [5.74, 6) is 0.633. The van der Waals surface area contributed by atoms with E-state index in [0.717, 1.165) is 5.56 Å². The van der Waals surface area contributed by atoms with E-state index in [1.807, 2.05) is 39.8 Å². The van der Waals surface area contributed by atoms with Crippen molar-refractivity contribution in [3.8, 4) is 5.75 Å². The maximum Gasteiger partial charge on any atom is 0.410 e. The highest BCUT2D eigenvalue weighted by atomic mass is 16.6. The zero-order chi connectivity index (χ0) is 15.3. The lowest BCUT2D eigenvalue weighted by Crippen LogP contribution is -2.36. The maximum absolute atomic E-state index is 12.1. The summed E-state index contributed by atoms with van der Waals surface area (Å²) in [4.78, 5) is 13.7. The molecule has 0 atom stereocenters. The number of hydrogen-bond acceptors (Lipinski definition) is 4. The number of nitrogens with two attached hydrogens (primary N) is 1. The van der Waals surface area contributed by atoms with Gasteiger partial charge in [0.15, 0.2) is 0 Å². The highest BCUT2D eigenvalue weighted by Crippen LogP contribution is 2.23. The van der Waals surface area contributed by atoms with Crippen LogP contribution in [0.15, 0.2) is 18.2 Å². The molecule has 0 unspecified atom stereocenters. The quantitative estimate of drug-likeness (QED) is 0.861. The SMILES string of the molecule is CCN(Cc1ccc(OC)c(N)c1)C(=O)OC(C)(C)C. The number of nitrogen functional groups attached to an aromatic ring is 1. The second-order valence-electron chi connectivity index (χ2n) is 5.57. The minimum atomic E-state index is -0.497. The van der Waals surface area contributed by atoms with Gasteiger partial charge >= 0.3 is 6.09 Å². The summed E-state index contributed by atoms with van der Waals surface area (Å²) in [6.45, 7) is 8.50. The first kappa shape index (κ1) is 16.1. The molecule has 5 heteroatoms. The van der Waals surface area contributed by atoms with Crippen LogP contribution in [-0.2, 0) is 11.3 Å². The standard InChI is InChI=1S/C15H24N2O3/c1-6-17(14(18)20-15(2,3)4)10-11-7-8-13(19-5)12(16)9-11/h7-9H,6,10,16H2,1-5H3. The maximum atomic E-state index is 12.1. The van der Waals surface area contributed by atoms with Gasteiger partial charge < -0.3 is 20.1 Å². The van der Waals surface area contributed by atoms with Crippen LogP contribution in [-0.4, -0.2) is 30.2 Å². The molecule has 0 saturated heterocycles. The van der Waals surface area contributed by atoms with Crippen molar-refractivity contribution in [2.45, 2.75) is 39.8 Å². The van der Waals surface area contributed by atoms with Crippen LogP contribution in [0.2, 0.25) is 0 Å². The van der Waals surface area contributed by atoms with Gasteiger partial charge in [0.2, 0.25) is 0 Å². The number of benzene rings is 1. The first-order valence-corrected chi connectivity index (χ1v) is 6.67. The van der Waals surface area contributed by atoms with Gasteiger partial charge in [-0.15, -0.1) is 0 Å². The summed E-state index contributed by atoms with van der Waals surface area (Å²) in [5.41, 5.74) is 6.87. The smallest absolute Gasteiger partial charge is 0.410 e. The molecule has 112 valence electrons. The normalized spacial score (nSPS) is 11.1. The fraction of sp³-hybridized carbons (Fsp3) is 0.533. The number of ether oxygens (including phenoxy) is 2. The summed E-state index contributed by atoms with van der Waals surface area (Å²) in [5, 5.41) is 0. The third kappa shape index (κ3) is 4.64. The van der Waals surface area contributed by atoms with Crippen LogP contribution >= 0.6 is 0 Å². The molecule has 0 radical (unpaired) electrons. The molecular weight excluding hydrogens is 256 g/mol. The van der Waals surface area contributed by atoms with E-state index in [1.165, 1.54) is 0 Å². The molecule has 2 N–H and O–H groups in total. The van der Waals surface area contributed by atoms with E-state index < -0.39 is 5.60 Å². The third-order valence-corrected chi connectivity index (χ3v) is 2.70. The van der Waals surface area contributed by atoms with Crippen molar-refractivity contribution < 1.29 is 14.3 Å². The van der Waals surface area contributed by atoms with Crippen molar-refractivity contribution in [2.75, 3.05) is 19.4 Å². The molecule has 1 amide bonds. The Morgan fingerprint density at radius 1 is 1.35 bits per heavy atom. The second-order valence-corrected chi connectivity index (χ2v) is 5.57. The molecule has 0 bridgehead atoms. The Labute approximate surface area is 120 Å². The Morgan fingerprint density at radius 3 is 2.45 bits per heavy atom. The number of methoxy groups -OCH3 is 1. The lowest BCUT2D eigenvalue weighted by molar-refractivity contribution is 0.0244. The summed E-state index contributed by atoms with van der Waals surface area (Å²) >= 11 is 0. The first-order chi connectivity index (χ1) is 9.26. The van der Waals surface area contributed by atoms with Crippen LogP contribution in [0.4, 0.5) is 10.5 Å². The molecule has 1 aromatic carbocycles. The number of hydrogen-bond donors (Lipinski definition) is 1. The predicted octanol–water partition coefficient (Wildman–Crippen LogP) is 3.03. The van der Waals surface area contributed by atoms with Crippen molar-refractivity contribution in [1.82, 2.24) is 4.90 Å². The highest BCUT2D eigenvalue weighted by molar-refractivity contribution is 5.68. The molecule has 5 nitrogen and oxygen atoms in total. The Morgan fingerprint density at radius 2 is 2.00 bits per heavy atom. The number of carbonyl (C=O) groups excluding carboxylic acids is 1. The lowest BCUT2D eigenvalue weighted by atomic mass is 10.1. The van der Waals surface area contributed by atoms with E-state index in [0.29, 0.717) is 24.5 Å². The van der Waals surface area contributed by atoms with Crippen molar-refractivity contribution in [2.24, 2.45) is 0 Å². The molecule has 0 spiro atoms. The Balaban J connectivity index is 2.78. The molecule has 0 aliphatic heterocycles. The van der Waals surface area contributed by atoms with Gasteiger partial charge in [0.05, 0.1) is 12.8 Å². The fourth-order valence-electron chi connectivity index (χ4n) is 1.73. The molecule has 0 aliphatic carbocycles. The Hall–Kier alpha value is -1.91. The number of amides is 1. The van der Waals surface area contributed by atoms with E-state index in [2.05, 4.69) is 0 Å². The molecule has 0 aliphatic rings. The molecular formula is C15H24N2O3. The minimum Gasteiger partial charge on any atom is -0.495 e. The fourth-order valence-corrected chi connectivity index (χ4v) is 1.73. The van der Waals surface area contributed by atoms with Crippen molar-refractivity contribution >= 4 is 11.8 Å². The third-order valence-electron chi connectivity index (χ3n) is 2.70. The summed E-state index contributed by atoms with van der Waals surface area (Å²) in [6.07, 6.45) is -0.325. The molecule has 0 aromatic heterocycles. The van der Waals surface area contributed by atoms with Gasteiger partial charge in [-0.2, -0.15) is 0 Å². The number of rotatable bonds is 4. The molecule has 20 heavy (non-hydrogen) atoms. The van der Waals surface area contributed by atoms with Crippen LogP contribution in [0.1, 0.15) is 33.3 Å². The topological polar surface area (TPSA) is 64.8 Å². The van der Waals surface area contributed by atoms with E-state index in [1.54, 1.807) is 18.1 Å². The summed E-state index contributed by atoms with van der Waals surface area (Å²) < 4.78 is 10.5. The molecule has 0 saturated carbocycles. The van der Waals surface area contributed by atoms with E-state index >= 15 is 0 Å². The molecule has 1 rings (SSSR count). The van der Waals surface area contributed by atoms with E-state index in [4.69, 9.17) is 15.2 Å². The van der Waals surface area contributed by atoms with Crippen LogP contribution < -0.4 is 10.5 Å². The monoisotopic (exact) mass is 280 g/mol. The van der Waals surface area contributed by atoms with Gasteiger partial charge in [0.25, 0.3) is 0 Å². The van der Waals surface area contributed by atoms with Gasteiger partial charge in [-0.1, -0.05) is 6.07 Å². The number of carbonyl (C=O) groups is 1. The summed E-state index contributed by atoms with van der Waals surface area (Å²) in [7, 11) is 1.57. The van der Waals surface area contributed by atoms with Crippen LogP contribution in [0.3, 0.4) is 0 Å². The van der Waals surface area contributed by atoms with Crippen LogP contribution in [0.25, 0.3) is 0 Å². The second kappa shape index (κ2) is 6.50. The molecule has 0 fully saturated rings. The zero-order valence-electron chi connectivity index (χ0n) is 12.9. The average molecular weight is 280 g/mol.